The zero-order chi connectivity index (χ0) is 25.1. The third-order valence-corrected chi connectivity index (χ3v) is 7.68. The first-order chi connectivity index (χ1) is 16.8. The van der Waals surface area contributed by atoms with Crippen molar-refractivity contribution in [2.75, 3.05) is 49.5 Å². The number of nitro benzene ring substituents is 1. The number of likely N-dealkylation sites (N-methyl/N-ethyl adjacent to an activating group) is 1. The number of rotatable bonds is 7. The minimum atomic E-state index is -0.500. The number of benzene rings is 2. The summed E-state index contributed by atoms with van der Waals surface area (Å²) in [5.41, 5.74) is 1.45. The van der Waals surface area contributed by atoms with Gasteiger partial charge in [0.15, 0.2) is 0 Å². The smallest absolute Gasteiger partial charge is 0.338 e. The van der Waals surface area contributed by atoms with Gasteiger partial charge in [-0.25, -0.2) is 4.79 Å². The molecule has 0 atom stereocenters. The summed E-state index contributed by atoms with van der Waals surface area (Å²) in [6, 6.07) is 9.66. The maximum absolute atomic E-state index is 13.3. The molecule has 1 fully saturated rings. The lowest BCUT2D eigenvalue weighted by atomic mass is 10.1. The minimum absolute atomic E-state index is 0.104. The van der Waals surface area contributed by atoms with Gasteiger partial charge in [-0.3, -0.25) is 14.9 Å². The summed E-state index contributed by atoms with van der Waals surface area (Å²) in [7, 11) is 0. The molecule has 0 spiro atoms. The second-order valence-corrected chi connectivity index (χ2v) is 9.38. The number of amides is 1. The van der Waals surface area contributed by atoms with Gasteiger partial charge in [0, 0.05) is 37.6 Å². The van der Waals surface area contributed by atoms with Crippen LogP contribution in [0.15, 0.2) is 36.4 Å². The van der Waals surface area contributed by atoms with E-state index in [2.05, 4.69) is 22.0 Å². The van der Waals surface area contributed by atoms with E-state index in [-0.39, 0.29) is 22.2 Å². The lowest BCUT2D eigenvalue weighted by Gasteiger charge is -2.36. The largest absolute Gasteiger partial charge is 0.462 e. The Morgan fingerprint density at radius 1 is 1.17 bits per heavy atom. The van der Waals surface area contributed by atoms with E-state index in [4.69, 9.17) is 16.3 Å². The number of piperazine rings is 1. The maximum atomic E-state index is 13.3. The number of thiophene rings is 1. The molecule has 4 rings (SSSR count). The van der Waals surface area contributed by atoms with Gasteiger partial charge in [0.05, 0.1) is 33.5 Å². The van der Waals surface area contributed by atoms with Crippen LogP contribution >= 0.6 is 22.9 Å². The number of hydrogen-bond acceptors (Lipinski definition) is 8. The van der Waals surface area contributed by atoms with Crippen molar-refractivity contribution in [3.8, 4) is 0 Å². The highest BCUT2D eigenvalue weighted by Gasteiger charge is 2.25. The SMILES string of the molecule is CCOC(=O)c1ccc(N2CCN(CC)CC2)c(NC(=O)c2sc3c([N+](=O)[O-])cccc3c2Cl)c1. The molecular weight excluding hydrogens is 492 g/mol. The summed E-state index contributed by atoms with van der Waals surface area (Å²) < 4.78 is 5.46. The van der Waals surface area contributed by atoms with Crippen LogP contribution in [0.4, 0.5) is 17.1 Å². The Kier molecular flexibility index (Phi) is 7.54. The first-order valence-electron chi connectivity index (χ1n) is 11.3. The topological polar surface area (TPSA) is 105 Å². The van der Waals surface area contributed by atoms with E-state index in [1.807, 2.05) is 0 Å². The highest BCUT2D eigenvalue weighted by Crippen LogP contribution is 2.41. The Balaban J connectivity index is 1.70. The molecule has 1 aromatic heterocycles. The van der Waals surface area contributed by atoms with Gasteiger partial charge in [0.2, 0.25) is 0 Å². The fourth-order valence-electron chi connectivity index (χ4n) is 4.10. The molecule has 3 aromatic rings. The standard InChI is InChI=1S/C24H25ClN4O5S/c1-3-27-10-12-28(13-11-27)18-9-8-15(24(31)34-4-2)14-17(18)26-23(30)22-20(25)16-6-5-7-19(29(32)33)21(16)35-22/h5-9,14H,3-4,10-13H2,1-2H3,(H,26,30). The third-order valence-electron chi connectivity index (χ3n) is 5.95. The number of non-ortho nitro benzene ring substituents is 1. The first-order valence-corrected chi connectivity index (χ1v) is 12.5. The third kappa shape index (κ3) is 5.09. The molecule has 0 bridgehead atoms. The number of nitrogens with one attached hydrogen (secondary N) is 1. The average Bonchev–Trinajstić information content (AvgIpc) is 3.20. The van der Waals surface area contributed by atoms with Crippen molar-refractivity contribution in [3.63, 3.8) is 0 Å². The van der Waals surface area contributed by atoms with Gasteiger partial charge in [-0.2, -0.15) is 0 Å². The van der Waals surface area contributed by atoms with Gasteiger partial charge < -0.3 is 19.9 Å². The Morgan fingerprint density at radius 3 is 2.57 bits per heavy atom. The van der Waals surface area contributed by atoms with Gasteiger partial charge in [-0.15, -0.1) is 11.3 Å². The van der Waals surface area contributed by atoms with Gasteiger partial charge in [-0.05, 0) is 31.7 Å². The minimum Gasteiger partial charge on any atom is -0.462 e. The summed E-state index contributed by atoms with van der Waals surface area (Å²) in [5, 5.41) is 14.9. The molecule has 1 saturated heterocycles. The molecule has 1 aliphatic heterocycles. The predicted octanol–water partition coefficient (Wildman–Crippen LogP) is 5.03. The molecule has 2 heterocycles. The van der Waals surface area contributed by atoms with Crippen molar-refractivity contribution in [2.24, 2.45) is 0 Å². The number of hydrogen-bond donors (Lipinski definition) is 1. The molecule has 1 aliphatic rings. The summed E-state index contributed by atoms with van der Waals surface area (Å²) in [6.45, 7) is 8.35. The number of nitrogens with zero attached hydrogens (tertiary/aromatic N) is 3. The molecule has 1 N–H and O–H groups in total. The van der Waals surface area contributed by atoms with Crippen LogP contribution in [0.2, 0.25) is 5.02 Å². The Hall–Kier alpha value is -3.21. The predicted molar refractivity (Wildman–Crippen MR) is 138 cm³/mol. The van der Waals surface area contributed by atoms with Crippen molar-refractivity contribution in [3.05, 3.63) is 62.0 Å². The molecule has 0 saturated carbocycles. The van der Waals surface area contributed by atoms with Crippen molar-refractivity contribution in [1.29, 1.82) is 0 Å². The summed E-state index contributed by atoms with van der Waals surface area (Å²) >= 11 is 7.45. The van der Waals surface area contributed by atoms with Crippen molar-refractivity contribution in [1.82, 2.24) is 4.90 Å². The van der Waals surface area contributed by atoms with Crippen LogP contribution in [0.3, 0.4) is 0 Å². The maximum Gasteiger partial charge on any atom is 0.338 e. The lowest BCUT2D eigenvalue weighted by molar-refractivity contribution is -0.382. The van der Waals surface area contributed by atoms with Gasteiger partial charge in [0.25, 0.3) is 11.6 Å². The van der Waals surface area contributed by atoms with E-state index in [1.165, 1.54) is 12.1 Å². The molecule has 0 radical (unpaired) electrons. The van der Waals surface area contributed by atoms with Gasteiger partial charge in [-0.1, -0.05) is 30.7 Å². The molecule has 2 aromatic carbocycles. The van der Waals surface area contributed by atoms with Crippen LogP contribution in [-0.4, -0.2) is 61.0 Å². The number of ether oxygens (including phenoxy) is 1. The Labute approximate surface area is 211 Å². The van der Waals surface area contributed by atoms with Crippen molar-refractivity contribution < 1.29 is 19.2 Å². The number of fused-ring (bicyclic) bond motifs is 1. The Morgan fingerprint density at radius 2 is 1.91 bits per heavy atom. The highest BCUT2D eigenvalue weighted by molar-refractivity contribution is 7.22. The number of halogens is 1. The van der Waals surface area contributed by atoms with Crippen LogP contribution in [0.1, 0.15) is 33.9 Å². The van der Waals surface area contributed by atoms with E-state index in [0.717, 1.165) is 49.7 Å². The van der Waals surface area contributed by atoms with Crippen LogP contribution in [-0.2, 0) is 4.74 Å². The van der Waals surface area contributed by atoms with E-state index >= 15 is 0 Å². The van der Waals surface area contributed by atoms with E-state index in [9.17, 15) is 19.7 Å². The Bertz CT molecular complexity index is 1290. The van der Waals surface area contributed by atoms with Crippen LogP contribution in [0.5, 0.6) is 0 Å². The molecule has 184 valence electrons. The van der Waals surface area contributed by atoms with E-state index < -0.39 is 16.8 Å². The zero-order valence-electron chi connectivity index (χ0n) is 19.4. The summed E-state index contributed by atoms with van der Waals surface area (Å²) in [4.78, 5) is 41.3. The zero-order valence-corrected chi connectivity index (χ0v) is 20.9. The van der Waals surface area contributed by atoms with E-state index in [1.54, 1.807) is 31.2 Å². The fraction of sp³-hybridized carbons (Fsp3) is 0.333. The van der Waals surface area contributed by atoms with Gasteiger partial charge >= 0.3 is 5.97 Å². The molecular formula is C24H25ClN4O5S. The second kappa shape index (κ2) is 10.6. The molecule has 0 aliphatic carbocycles. The average molecular weight is 517 g/mol. The fourth-order valence-corrected chi connectivity index (χ4v) is 5.59. The van der Waals surface area contributed by atoms with Gasteiger partial charge in [0.1, 0.15) is 9.58 Å². The number of carbonyl (C=O) groups is 2. The number of anilines is 2. The summed E-state index contributed by atoms with van der Waals surface area (Å²) in [5.74, 6) is -0.985. The lowest BCUT2D eigenvalue weighted by Crippen LogP contribution is -2.46. The van der Waals surface area contributed by atoms with Crippen LogP contribution in [0.25, 0.3) is 10.1 Å². The highest BCUT2D eigenvalue weighted by atomic mass is 35.5. The molecule has 9 nitrogen and oxygen atoms in total. The number of esters is 1. The molecule has 1 amide bonds. The second-order valence-electron chi connectivity index (χ2n) is 7.98. The molecule has 35 heavy (non-hydrogen) atoms. The quantitative estimate of drug-likeness (QED) is 0.266. The van der Waals surface area contributed by atoms with Crippen LogP contribution in [0, 0.1) is 10.1 Å². The molecule has 0 unspecified atom stereocenters. The summed E-state index contributed by atoms with van der Waals surface area (Å²) in [6.07, 6.45) is 0. The first kappa shape index (κ1) is 24.9. The normalized spacial score (nSPS) is 14.2. The van der Waals surface area contributed by atoms with E-state index in [0.29, 0.717) is 21.3 Å². The van der Waals surface area contributed by atoms with Crippen LogP contribution < -0.4 is 10.2 Å². The number of nitro groups is 1. The number of carbonyl (C=O) groups excluding carboxylic acids is 2. The van der Waals surface area contributed by atoms with Crippen molar-refractivity contribution >= 4 is 62.0 Å². The monoisotopic (exact) mass is 516 g/mol. The molecule has 11 heteroatoms. The van der Waals surface area contributed by atoms with Crippen molar-refractivity contribution in [2.45, 2.75) is 13.8 Å².